The van der Waals surface area contributed by atoms with Crippen molar-refractivity contribution in [1.82, 2.24) is 4.57 Å². The number of fused-ring (bicyclic) bond motifs is 1. The Morgan fingerprint density at radius 1 is 0.968 bits per heavy atom. The predicted molar refractivity (Wildman–Crippen MR) is 124 cm³/mol. The van der Waals surface area contributed by atoms with Gasteiger partial charge in [-0.1, -0.05) is 59.6 Å². The first-order valence-electron chi connectivity index (χ1n) is 9.73. The second kappa shape index (κ2) is 8.57. The summed E-state index contributed by atoms with van der Waals surface area (Å²) < 4.78 is 28.0. The Kier molecular flexibility index (Phi) is 5.85. The van der Waals surface area contributed by atoms with Crippen molar-refractivity contribution in [3.63, 3.8) is 0 Å². The van der Waals surface area contributed by atoms with Crippen molar-refractivity contribution in [1.29, 1.82) is 0 Å². The van der Waals surface area contributed by atoms with Crippen molar-refractivity contribution in [2.75, 3.05) is 5.32 Å². The van der Waals surface area contributed by atoms with E-state index in [9.17, 15) is 13.2 Å². The van der Waals surface area contributed by atoms with Gasteiger partial charge in [0.25, 0.3) is 0 Å². The summed E-state index contributed by atoms with van der Waals surface area (Å²) in [4.78, 5) is 12.8. The Labute approximate surface area is 186 Å². The molecular formula is C24H21ClN2O3S. The van der Waals surface area contributed by atoms with Crippen molar-refractivity contribution < 1.29 is 13.2 Å². The van der Waals surface area contributed by atoms with Gasteiger partial charge in [0.05, 0.1) is 10.6 Å². The predicted octanol–water partition coefficient (Wildman–Crippen LogP) is 5.22. The fraction of sp³-hybridized carbons (Fsp3) is 0.125. The average molecular weight is 453 g/mol. The minimum Gasteiger partial charge on any atom is -0.337 e. The Hall–Kier alpha value is -3.09. The smallest absolute Gasteiger partial charge is 0.244 e. The van der Waals surface area contributed by atoms with Crippen LogP contribution >= 0.6 is 11.6 Å². The number of nitrogens with one attached hydrogen (secondary N) is 1. The number of rotatable bonds is 6. The van der Waals surface area contributed by atoms with E-state index in [0.717, 1.165) is 5.56 Å². The Balaban J connectivity index is 1.63. The molecule has 0 fully saturated rings. The average Bonchev–Trinajstić information content (AvgIpc) is 3.11. The minimum atomic E-state index is -3.63. The summed E-state index contributed by atoms with van der Waals surface area (Å²) in [6.07, 6.45) is 1.55. The highest BCUT2D eigenvalue weighted by molar-refractivity contribution is 7.90. The van der Waals surface area contributed by atoms with Crippen LogP contribution in [0.3, 0.4) is 0 Å². The number of anilines is 1. The number of aryl methyl sites for hydroxylation is 1. The van der Waals surface area contributed by atoms with Crippen molar-refractivity contribution in [3.05, 3.63) is 95.1 Å². The molecule has 1 aromatic heterocycles. The number of halogens is 1. The van der Waals surface area contributed by atoms with Crippen LogP contribution in [0.4, 0.5) is 5.69 Å². The van der Waals surface area contributed by atoms with E-state index in [-0.39, 0.29) is 23.1 Å². The topological polar surface area (TPSA) is 68.2 Å². The maximum Gasteiger partial charge on any atom is 0.244 e. The molecule has 31 heavy (non-hydrogen) atoms. The molecule has 5 nitrogen and oxygen atoms in total. The second-order valence-electron chi connectivity index (χ2n) is 7.44. The van der Waals surface area contributed by atoms with Gasteiger partial charge in [0, 0.05) is 27.8 Å². The lowest BCUT2D eigenvalue weighted by atomic mass is 10.2. The molecule has 1 N–H and O–H groups in total. The van der Waals surface area contributed by atoms with Crippen LogP contribution in [-0.2, 0) is 26.9 Å². The highest BCUT2D eigenvalue weighted by Crippen LogP contribution is 2.28. The second-order valence-corrected chi connectivity index (χ2v) is 9.83. The third kappa shape index (κ3) is 4.81. The lowest BCUT2D eigenvalue weighted by molar-refractivity contribution is -0.116. The Morgan fingerprint density at radius 3 is 2.35 bits per heavy atom. The van der Waals surface area contributed by atoms with E-state index < -0.39 is 9.84 Å². The van der Waals surface area contributed by atoms with Crippen molar-refractivity contribution in [2.24, 2.45) is 0 Å². The van der Waals surface area contributed by atoms with Crippen LogP contribution in [0.2, 0.25) is 5.02 Å². The highest BCUT2D eigenvalue weighted by Gasteiger charge is 2.22. The molecule has 0 aliphatic heterocycles. The minimum absolute atomic E-state index is 0.00482. The molecule has 0 saturated heterocycles. The molecule has 158 valence electrons. The molecule has 1 amide bonds. The van der Waals surface area contributed by atoms with Gasteiger partial charge in [-0.2, -0.15) is 0 Å². The van der Waals surface area contributed by atoms with E-state index >= 15 is 0 Å². The van der Waals surface area contributed by atoms with E-state index in [0.29, 0.717) is 27.2 Å². The highest BCUT2D eigenvalue weighted by atomic mass is 35.5. The fourth-order valence-electron chi connectivity index (χ4n) is 3.46. The number of nitrogens with zero attached hydrogens (tertiary/aromatic N) is 1. The van der Waals surface area contributed by atoms with Gasteiger partial charge < -0.3 is 9.88 Å². The van der Waals surface area contributed by atoms with Crippen molar-refractivity contribution >= 4 is 43.9 Å². The van der Waals surface area contributed by atoms with Crippen LogP contribution in [0.25, 0.3) is 10.9 Å². The zero-order valence-corrected chi connectivity index (χ0v) is 18.5. The zero-order chi connectivity index (χ0) is 22.0. The van der Waals surface area contributed by atoms with Crippen LogP contribution in [0.1, 0.15) is 11.1 Å². The normalized spacial score (nSPS) is 11.5. The third-order valence-corrected chi connectivity index (χ3v) is 6.97. The summed E-state index contributed by atoms with van der Waals surface area (Å²) in [6.45, 7) is 1.98. The number of amides is 1. The van der Waals surface area contributed by atoms with Gasteiger partial charge in [0.1, 0.15) is 6.54 Å². The van der Waals surface area contributed by atoms with E-state index in [2.05, 4.69) is 5.32 Å². The number of sulfone groups is 1. The van der Waals surface area contributed by atoms with Gasteiger partial charge in [0.2, 0.25) is 5.91 Å². The largest absolute Gasteiger partial charge is 0.337 e. The number of aromatic nitrogens is 1. The van der Waals surface area contributed by atoms with Crippen LogP contribution in [-0.4, -0.2) is 18.9 Å². The Bertz CT molecular complexity index is 1340. The van der Waals surface area contributed by atoms with E-state index in [1.165, 1.54) is 0 Å². The number of carbonyl (C=O) groups is 1. The lowest BCUT2D eigenvalue weighted by Gasteiger charge is -2.07. The molecule has 4 aromatic rings. The third-order valence-electron chi connectivity index (χ3n) is 5.01. The number of hydrogen-bond acceptors (Lipinski definition) is 3. The standard InChI is InChI=1S/C24H21ClN2O3S/c1-17-6-12-20(13-7-17)26-24(28)15-27-14-23(21-4-2-3-5-22(21)27)31(29,30)16-18-8-10-19(25)11-9-18/h2-14H,15-16H2,1H3,(H,26,28). The molecule has 3 aromatic carbocycles. The number of hydrogen-bond donors (Lipinski definition) is 1. The molecule has 0 bridgehead atoms. The molecule has 0 aliphatic rings. The molecule has 7 heteroatoms. The van der Waals surface area contributed by atoms with Gasteiger partial charge in [-0.25, -0.2) is 8.42 Å². The molecule has 0 unspecified atom stereocenters. The molecule has 0 radical (unpaired) electrons. The number of para-hydroxylation sites is 1. The molecule has 1 heterocycles. The maximum atomic E-state index is 13.2. The summed E-state index contributed by atoms with van der Waals surface area (Å²) >= 11 is 5.90. The molecule has 0 aliphatic carbocycles. The number of carbonyl (C=O) groups excluding carboxylic acids is 1. The van der Waals surface area contributed by atoms with E-state index in [4.69, 9.17) is 11.6 Å². The first kappa shape index (κ1) is 21.2. The summed E-state index contributed by atoms with van der Waals surface area (Å²) in [6, 6.07) is 21.5. The van der Waals surface area contributed by atoms with Crippen LogP contribution in [0.15, 0.2) is 83.9 Å². The lowest BCUT2D eigenvalue weighted by Crippen LogP contribution is -2.18. The first-order chi connectivity index (χ1) is 14.8. The maximum absolute atomic E-state index is 13.2. The fourth-order valence-corrected chi connectivity index (χ4v) is 5.17. The molecular weight excluding hydrogens is 432 g/mol. The summed E-state index contributed by atoms with van der Waals surface area (Å²) in [5.41, 5.74) is 3.14. The quantitative estimate of drug-likeness (QED) is 0.436. The van der Waals surface area contributed by atoms with Crippen LogP contribution < -0.4 is 5.32 Å². The summed E-state index contributed by atoms with van der Waals surface area (Å²) in [5.74, 6) is -0.375. The Morgan fingerprint density at radius 2 is 1.65 bits per heavy atom. The van der Waals surface area contributed by atoms with Gasteiger partial charge in [-0.15, -0.1) is 0 Å². The molecule has 0 spiro atoms. The van der Waals surface area contributed by atoms with Crippen LogP contribution in [0, 0.1) is 6.92 Å². The summed E-state index contributed by atoms with van der Waals surface area (Å²) in [7, 11) is -3.63. The van der Waals surface area contributed by atoms with Gasteiger partial charge in [-0.3, -0.25) is 4.79 Å². The van der Waals surface area contributed by atoms with Crippen molar-refractivity contribution in [2.45, 2.75) is 24.1 Å². The van der Waals surface area contributed by atoms with Gasteiger partial charge in [0.15, 0.2) is 9.84 Å². The van der Waals surface area contributed by atoms with Gasteiger partial charge in [-0.05, 0) is 42.8 Å². The van der Waals surface area contributed by atoms with E-state index in [1.54, 1.807) is 47.2 Å². The first-order valence-corrected chi connectivity index (χ1v) is 11.8. The van der Waals surface area contributed by atoms with Crippen LogP contribution in [0.5, 0.6) is 0 Å². The van der Waals surface area contributed by atoms with Gasteiger partial charge >= 0.3 is 0 Å². The molecule has 0 atom stereocenters. The molecule has 4 rings (SSSR count). The van der Waals surface area contributed by atoms with E-state index in [1.807, 2.05) is 43.3 Å². The van der Waals surface area contributed by atoms with Crippen molar-refractivity contribution in [3.8, 4) is 0 Å². The zero-order valence-electron chi connectivity index (χ0n) is 16.9. The SMILES string of the molecule is Cc1ccc(NC(=O)Cn2cc(S(=O)(=O)Cc3ccc(Cl)cc3)c3ccccc32)cc1. The monoisotopic (exact) mass is 452 g/mol. The molecule has 0 saturated carbocycles. The summed E-state index contributed by atoms with van der Waals surface area (Å²) in [5, 5.41) is 4.00. The number of benzene rings is 3.